The van der Waals surface area contributed by atoms with Crippen LogP contribution in [0.15, 0.2) is 17.1 Å². The molecular weight excluding hydrogens is 206 g/mol. The Labute approximate surface area is 82.1 Å². The lowest BCUT2D eigenvalue weighted by atomic mass is 10.5. The Balaban J connectivity index is 2.39. The zero-order valence-corrected chi connectivity index (χ0v) is 8.06. The topological polar surface area (TPSA) is 68.9 Å². The first-order chi connectivity index (χ1) is 6.27. The van der Waals surface area contributed by atoms with Crippen LogP contribution in [0.4, 0.5) is 0 Å². The highest BCUT2D eigenvalue weighted by Gasteiger charge is 2.09. The molecule has 0 aromatic carbocycles. The van der Waals surface area contributed by atoms with E-state index in [1.165, 1.54) is 28.9 Å². The molecule has 0 unspecified atom stereocenters. The predicted molar refractivity (Wildman–Crippen MR) is 51.7 cm³/mol. The maximum atomic E-state index is 10.8. The molecule has 0 fully saturated rings. The van der Waals surface area contributed by atoms with Gasteiger partial charge in [0.05, 0.1) is 11.7 Å². The van der Waals surface area contributed by atoms with Crippen molar-refractivity contribution >= 4 is 28.6 Å². The van der Waals surface area contributed by atoms with Crippen LogP contribution in [0.1, 0.15) is 9.67 Å². The van der Waals surface area contributed by atoms with Gasteiger partial charge in [0, 0.05) is 5.38 Å². The van der Waals surface area contributed by atoms with Gasteiger partial charge in [-0.3, -0.25) is 4.79 Å². The van der Waals surface area contributed by atoms with Crippen molar-refractivity contribution in [3.8, 4) is 10.7 Å². The van der Waals surface area contributed by atoms with Crippen LogP contribution in [0.2, 0.25) is 0 Å². The van der Waals surface area contributed by atoms with Crippen LogP contribution in [-0.4, -0.2) is 15.9 Å². The van der Waals surface area contributed by atoms with Gasteiger partial charge < -0.3 is 5.73 Å². The minimum absolute atomic E-state index is 0.445. The zero-order chi connectivity index (χ0) is 9.26. The van der Waals surface area contributed by atoms with Gasteiger partial charge in [0.15, 0.2) is 0 Å². The highest BCUT2D eigenvalue weighted by Crippen LogP contribution is 2.24. The number of aromatic nitrogens is 2. The van der Waals surface area contributed by atoms with Crippen LogP contribution in [0.25, 0.3) is 10.7 Å². The average molecular weight is 211 g/mol. The molecule has 6 heteroatoms. The summed E-state index contributed by atoms with van der Waals surface area (Å²) in [7, 11) is 0. The van der Waals surface area contributed by atoms with E-state index >= 15 is 0 Å². The molecule has 0 aliphatic carbocycles. The zero-order valence-electron chi connectivity index (χ0n) is 6.43. The Morgan fingerprint density at radius 1 is 1.46 bits per heavy atom. The summed E-state index contributed by atoms with van der Waals surface area (Å²) in [5, 5.41) is 2.61. The Bertz CT molecular complexity index is 421. The van der Waals surface area contributed by atoms with Gasteiger partial charge >= 0.3 is 0 Å². The Kier molecular flexibility index (Phi) is 2.07. The van der Waals surface area contributed by atoms with E-state index < -0.39 is 5.91 Å². The van der Waals surface area contributed by atoms with Crippen molar-refractivity contribution in [1.29, 1.82) is 0 Å². The molecule has 0 aliphatic heterocycles. The lowest BCUT2D eigenvalue weighted by molar-refractivity contribution is 0.100. The molecule has 2 aromatic rings. The summed E-state index contributed by atoms with van der Waals surface area (Å²) in [5.74, 6) is -0.445. The van der Waals surface area contributed by atoms with Gasteiger partial charge in [-0.15, -0.1) is 22.7 Å². The van der Waals surface area contributed by atoms with Crippen molar-refractivity contribution < 1.29 is 4.79 Å². The minimum Gasteiger partial charge on any atom is -0.365 e. The van der Waals surface area contributed by atoms with Crippen molar-refractivity contribution in [2.75, 3.05) is 0 Å². The number of carbonyl (C=O) groups is 1. The molecule has 0 bridgehead atoms. The van der Waals surface area contributed by atoms with Crippen molar-refractivity contribution in [2.45, 2.75) is 0 Å². The number of hydrogen-bond acceptors (Lipinski definition) is 5. The molecule has 0 aliphatic rings. The maximum Gasteiger partial charge on any atom is 0.260 e. The number of nitrogens with zero attached hydrogens (tertiary/aromatic N) is 2. The van der Waals surface area contributed by atoms with Gasteiger partial charge in [0.2, 0.25) is 0 Å². The standard InChI is InChI=1S/C7H5N3OS2/c8-6(11)5-1-9-7(13-5)4-2-12-3-10-4/h1-3H,(H2,8,11). The van der Waals surface area contributed by atoms with E-state index in [1.807, 2.05) is 5.38 Å². The minimum atomic E-state index is -0.445. The maximum absolute atomic E-state index is 10.8. The lowest BCUT2D eigenvalue weighted by Gasteiger charge is -1.84. The van der Waals surface area contributed by atoms with Gasteiger partial charge in [-0.05, 0) is 0 Å². The Morgan fingerprint density at radius 2 is 2.31 bits per heavy atom. The van der Waals surface area contributed by atoms with E-state index in [1.54, 1.807) is 5.51 Å². The van der Waals surface area contributed by atoms with Crippen LogP contribution in [-0.2, 0) is 0 Å². The monoisotopic (exact) mass is 211 g/mol. The van der Waals surface area contributed by atoms with Crippen molar-refractivity contribution in [2.24, 2.45) is 5.73 Å². The normalized spacial score (nSPS) is 10.2. The molecule has 66 valence electrons. The molecule has 2 rings (SSSR count). The summed E-state index contributed by atoms with van der Waals surface area (Å²) in [6.07, 6.45) is 1.47. The molecular formula is C7H5N3OS2. The molecule has 0 radical (unpaired) electrons. The van der Waals surface area contributed by atoms with E-state index in [0.717, 1.165) is 10.7 Å². The summed E-state index contributed by atoms with van der Waals surface area (Å²) >= 11 is 2.75. The third-order valence-electron chi connectivity index (χ3n) is 1.40. The number of hydrogen-bond donors (Lipinski definition) is 1. The fraction of sp³-hybridized carbons (Fsp3) is 0. The number of rotatable bonds is 2. The predicted octanol–water partition coefficient (Wildman–Crippen LogP) is 1.37. The third-order valence-corrected chi connectivity index (χ3v) is 3.02. The van der Waals surface area contributed by atoms with Gasteiger partial charge in [-0.1, -0.05) is 0 Å². The second kappa shape index (κ2) is 3.23. The first-order valence-corrected chi connectivity index (χ1v) is 5.17. The molecule has 2 N–H and O–H groups in total. The van der Waals surface area contributed by atoms with E-state index in [0.29, 0.717) is 4.88 Å². The molecule has 0 spiro atoms. The summed E-state index contributed by atoms with van der Waals surface area (Å²) in [4.78, 5) is 19.3. The molecule has 13 heavy (non-hydrogen) atoms. The molecule has 0 saturated heterocycles. The van der Waals surface area contributed by atoms with Crippen LogP contribution in [0, 0.1) is 0 Å². The highest BCUT2D eigenvalue weighted by molar-refractivity contribution is 7.17. The number of nitrogens with two attached hydrogens (primary N) is 1. The van der Waals surface area contributed by atoms with Crippen LogP contribution >= 0.6 is 22.7 Å². The van der Waals surface area contributed by atoms with Gasteiger partial charge in [-0.25, -0.2) is 9.97 Å². The van der Waals surface area contributed by atoms with E-state index in [4.69, 9.17) is 5.73 Å². The number of thiazole rings is 2. The molecule has 0 saturated carbocycles. The number of amides is 1. The van der Waals surface area contributed by atoms with E-state index in [9.17, 15) is 4.79 Å². The largest absolute Gasteiger partial charge is 0.365 e. The Morgan fingerprint density at radius 3 is 2.85 bits per heavy atom. The quantitative estimate of drug-likeness (QED) is 0.815. The average Bonchev–Trinajstić information content (AvgIpc) is 2.75. The summed E-state index contributed by atoms with van der Waals surface area (Å²) in [6.45, 7) is 0. The van der Waals surface area contributed by atoms with Crippen molar-refractivity contribution in [3.63, 3.8) is 0 Å². The summed E-state index contributed by atoms with van der Waals surface area (Å²) in [6, 6.07) is 0. The first kappa shape index (κ1) is 8.33. The van der Waals surface area contributed by atoms with Crippen LogP contribution in [0.5, 0.6) is 0 Å². The van der Waals surface area contributed by atoms with Gasteiger partial charge in [0.25, 0.3) is 5.91 Å². The lowest BCUT2D eigenvalue weighted by Crippen LogP contribution is -2.08. The van der Waals surface area contributed by atoms with E-state index in [2.05, 4.69) is 9.97 Å². The second-order valence-corrected chi connectivity index (χ2v) is 4.02. The molecule has 1 amide bonds. The van der Waals surface area contributed by atoms with Crippen molar-refractivity contribution in [3.05, 3.63) is 22.0 Å². The molecule has 4 nitrogen and oxygen atoms in total. The van der Waals surface area contributed by atoms with Crippen LogP contribution < -0.4 is 5.73 Å². The van der Waals surface area contributed by atoms with Gasteiger partial charge in [0.1, 0.15) is 15.6 Å². The number of primary amides is 1. The molecule has 2 heterocycles. The number of carbonyl (C=O) groups excluding carboxylic acids is 1. The molecule has 0 atom stereocenters. The first-order valence-electron chi connectivity index (χ1n) is 3.41. The summed E-state index contributed by atoms with van der Waals surface area (Å²) in [5.41, 5.74) is 7.61. The molecule has 2 aromatic heterocycles. The SMILES string of the molecule is NC(=O)c1cnc(-c2cscn2)s1. The fourth-order valence-corrected chi connectivity index (χ4v) is 2.17. The highest BCUT2D eigenvalue weighted by atomic mass is 32.1. The smallest absolute Gasteiger partial charge is 0.260 e. The Hall–Kier alpha value is -1.27. The summed E-state index contributed by atoms with van der Waals surface area (Å²) < 4.78 is 0. The van der Waals surface area contributed by atoms with Gasteiger partial charge in [-0.2, -0.15) is 0 Å². The fourth-order valence-electron chi connectivity index (χ4n) is 0.825. The van der Waals surface area contributed by atoms with E-state index in [-0.39, 0.29) is 0 Å². The second-order valence-electron chi connectivity index (χ2n) is 2.27. The third kappa shape index (κ3) is 1.58. The van der Waals surface area contributed by atoms with Crippen LogP contribution in [0.3, 0.4) is 0 Å². The van der Waals surface area contributed by atoms with Crippen molar-refractivity contribution in [1.82, 2.24) is 9.97 Å².